The average molecular weight is 308 g/mol. The minimum absolute atomic E-state index is 0.0407. The zero-order chi connectivity index (χ0) is 15.5. The SMILES string of the molecule is CCC(C)c1ccc(S(=O)(=O)Nc2cccc(F)n2)cc1. The maximum absolute atomic E-state index is 13.0. The van der Waals surface area contributed by atoms with E-state index in [9.17, 15) is 12.8 Å². The van der Waals surface area contributed by atoms with Crippen LogP contribution in [-0.2, 0) is 10.0 Å². The first-order valence-electron chi connectivity index (χ1n) is 6.67. The van der Waals surface area contributed by atoms with Crippen molar-refractivity contribution in [2.24, 2.45) is 0 Å². The largest absolute Gasteiger partial charge is 0.263 e. The summed E-state index contributed by atoms with van der Waals surface area (Å²) in [6, 6.07) is 10.6. The number of rotatable bonds is 5. The second kappa shape index (κ2) is 6.22. The third kappa shape index (κ3) is 3.78. The van der Waals surface area contributed by atoms with E-state index in [-0.39, 0.29) is 10.7 Å². The fourth-order valence-electron chi connectivity index (χ4n) is 1.87. The normalized spacial score (nSPS) is 12.9. The molecule has 0 saturated heterocycles. The van der Waals surface area contributed by atoms with Crippen molar-refractivity contribution in [3.63, 3.8) is 0 Å². The van der Waals surface area contributed by atoms with E-state index < -0.39 is 16.0 Å². The molecule has 1 N–H and O–H groups in total. The molecule has 1 unspecified atom stereocenters. The van der Waals surface area contributed by atoms with Crippen molar-refractivity contribution >= 4 is 15.8 Å². The monoisotopic (exact) mass is 308 g/mol. The summed E-state index contributed by atoms with van der Waals surface area (Å²) in [5, 5.41) is 0. The zero-order valence-electron chi connectivity index (χ0n) is 11.9. The van der Waals surface area contributed by atoms with Gasteiger partial charge < -0.3 is 0 Å². The van der Waals surface area contributed by atoms with Crippen molar-refractivity contribution in [3.05, 3.63) is 54.0 Å². The average Bonchev–Trinajstić information content (AvgIpc) is 2.46. The first-order chi connectivity index (χ1) is 9.92. The van der Waals surface area contributed by atoms with Gasteiger partial charge in [-0.3, -0.25) is 4.72 Å². The fourth-order valence-corrected chi connectivity index (χ4v) is 2.87. The summed E-state index contributed by atoms with van der Waals surface area (Å²) in [7, 11) is -3.76. The van der Waals surface area contributed by atoms with Crippen LogP contribution in [0.2, 0.25) is 0 Å². The maximum Gasteiger partial charge on any atom is 0.263 e. The van der Waals surface area contributed by atoms with Gasteiger partial charge in [0.1, 0.15) is 5.82 Å². The number of benzene rings is 1. The van der Waals surface area contributed by atoms with E-state index in [0.29, 0.717) is 5.92 Å². The number of anilines is 1. The Morgan fingerprint density at radius 2 is 1.86 bits per heavy atom. The molecule has 0 aliphatic carbocycles. The van der Waals surface area contributed by atoms with Gasteiger partial charge in [0.05, 0.1) is 4.90 Å². The molecule has 112 valence electrons. The van der Waals surface area contributed by atoms with Crippen molar-refractivity contribution in [2.45, 2.75) is 31.1 Å². The van der Waals surface area contributed by atoms with Crippen LogP contribution in [0, 0.1) is 5.95 Å². The molecule has 0 aliphatic heterocycles. The Hall–Kier alpha value is -1.95. The van der Waals surface area contributed by atoms with E-state index >= 15 is 0 Å². The van der Waals surface area contributed by atoms with Gasteiger partial charge in [-0.2, -0.15) is 4.39 Å². The van der Waals surface area contributed by atoms with E-state index in [0.717, 1.165) is 18.1 Å². The van der Waals surface area contributed by atoms with Crippen LogP contribution >= 0.6 is 0 Å². The van der Waals surface area contributed by atoms with Gasteiger partial charge in [-0.1, -0.05) is 32.0 Å². The third-order valence-electron chi connectivity index (χ3n) is 3.33. The molecule has 1 atom stereocenters. The highest BCUT2D eigenvalue weighted by atomic mass is 32.2. The number of aromatic nitrogens is 1. The molecule has 0 aliphatic rings. The molecule has 4 nitrogen and oxygen atoms in total. The molecule has 2 rings (SSSR count). The second-order valence-electron chi connectivity index (χ2n) is 4.83. The molecule has 0 spiro atoms. The van der Waals surface area contributed by atoms with Crippen molar-refractivity contribution in [1.82, 2.24) is 4.98 Å². The lowest BCUT2D eigenvalue weighted by atomic mass is 9.99. The number of nitrogens with zero attached hydrogens (tertiary/aromatic N) is 1. The highest BCUT2D eigenvalue weighted by Gasteiger charge is 2.15. The van der Waals surface area contributed by atoms with Crippen molar-refractivity contribution in [2.75, 3.05) is 4.72 Å². The highest BCUT2D eigenvalue weighted by molar-refractivity contribution is 7.92. The Bertz CT molecular complexity index is 715. The summed E-state index contributed by atoms with van der Waals surface area (Å²) in [6.07, 6.45) is 0.984. The minimum Gasteiger partial charge on any atom is -0.263 e. The molecule has 2 aromatic rings. The summed E-state index contributed by atoms with van der Waals surface area (Å²) in [5.41, 5.74) is 1.08. The molecular weight excluding hydrogens is 291 g/mol. The molecule has 0 saturated carbocycles. The van der Waals surface area contributed by atoms with E-state index in [1.165, 1.54) is 12.1 Å². The Kier molecular flexibility index (Phi) is 4.57. The Morgan fingerprint density at radius 1 is 1.19 bits per heavy atom. The quantitative estimate of drug-likeness (QED) is 0.860. The van der Waals surface area contributed by atoms with E-state index in [4.69, 9.17) is 0 Å². The lowest BCUT2D eigenvalue weighted by Crippen LogP contribution is -2.14. The summed E-state index contributed by atoms with van der Waals surface area (Å²) in [6.45, 7) is 4.16. The molecule has 0 amide bonds. The summed E-state index contributed by atoms with van der Waals surface area (Å²) in [5.74, 6) is -0.400. The molecule has 1 aromatic carbocycles. The van der Waals surface area contributed by atoms with E-state index in [1.807, 2.05) is 0 Å². The Labute approximate surface area is 124 Å². The van der Waals surface area contributed by atoms with Crippen LogP contribution in [0.15, 0.2) is 47.4 Å². The van der Waals surface area contributed by atoms with Crippen molar-refractivity contribution in [3.8, 4) is 0 Å². The first kappa shape index (κ1) is 15.4. The smallest absolute Gasteiger partial charge is 0.263 e. The molecule has 21 heavy (non-hydrogen) atoms. The lowest BCUT2D eigenvalue weighted by molar-refractivity contribution is 0.584. The lowest BCUT2D eigenvalue weighted by Gasteiger charge is -2.11. The molecule has 6 heteroatoms. The van der Waals surface area contributed by atoms with Crippen molar-refractivity contribution in [1.29, 1.82) is 0 Å². The number of halogens is 1. The van der Waals surface area contributed by atoms with Gasteiger partial charge in [0.2, 0.25) is 5.95 Å². The van der Waals surface area contributed by atoms with Gasteiger partial charge in [-0.25, -0.2) is 13.4 Å². The zero-order valence-corrected chi connectivity index (χ0v) is 12.7. The Morgan fingerprint density at radius 3 is 2.43 bits per heavy atom. The van der Waals surface area contributed by atoms with E-state index in [2.05, 4.69) is 23.6 Å². The predicted octanol–water partition coefficient (Wildman–Crippen LogP) is 3.54. The maximum atomic E-state index is 13.0. The van der Waals surface area contributed by atoms with Crippen LogP contribution in [0.1, 0.15) is 31.7 Å². The van der Waals surface area contributed by atoms with Crippen LogP contribution in [0.4, 0.5) is 10.2 Å². The van der Waals surface area contributed by atoms with Gasteiger partial charge >= 0.3 is 0 Å². The van der Waals surface area contributed by atoms with Gasteiger partial charge in [-0.05, 0) is 42.2 Å². The third-order valence-corrected chi connectivity index (χ3v) is 4.70. The summed E-state index contributed by atoms with van der Waals surface area (Å²) < 4.78 is 39.6. The molecule has 1 heterocycles. The first-order valence-corrected chi connectivity index (χ1v) is 8.16. The number of nitrogens with one attached hydrogen (secondary N) is 1. The topological polar surface area (TPSA) is 59.1 Å². The number of sulfonamides is 1. The number of hydrogen-bond donors (Lipinski definition) is 1. The van der Waals surface area contributed by atoms with Crippen LogP contribution in [-0.4, -0.2) is 13.4 Å². The molecule has 0 fully saturated rings. The molecular formula is C15H17FN2O2S. The number of pyridine rings is 1. The van der Waals surface area contributed by atoms with Gasteiger partial charge in [0.15, 0.2) is 0 Å². The predicted molar refractivity (Wildman–Crippen MR) is 80.2 cm³/mol. The van der Waals surface area contributed by atoms with Crippen molar-refractivity contribution < 1.29 is 12.8 Å². The number of hydrogen-bond acceptors (Lipinski definition) is 3. The van der Waals surface area contributed by atoms with Crippen LogP contribution < -0.4 is 4.72 Å². The molecule has 1 aromatic heterocycles. The van der Waals surface area contributed by atoms with Gasteiger partial charge in [0.25, 0.3) is 10.0 Å². The molecule has 0 bridgehead atoms. The van der Waals surface area contributed by atoms with Crippen LogP contribution in [0.3, 0.4) is 0 Å². The fraction of sp³-hybridized carbons (Fsp3) is 0.267. The Balaban J connectivity index is 2.23. The van der Waals surface area contributed by atoms with Gasteiger partial charge in [0, 0.05) is 0 Å². The summed E-state index contributed by atoms with van der Waals surface area (Å²) >= 11 is 0. The molecule has 0 radical (unpaired) electrons. The highest BCUT2D eigenvalue weighted by Crippen LogP contribution is 2.21. The van der Waals surface area contributed by atoms with Crippen LogP contribution in [0.5, 0.6) is 0 Å². The van der Waals surface area contributed by atoms with E-state index in [1.54, 1.807) is 24.3 Å². The standard InChI is InChI=1S/C15H17FN2O2S/c1-3-11(2)12-7-9-13(10-8-12)21(19,20)18-15-6-4-5-14(16)17-15/h4-11H,3H2,1-2H3,(H,17,18). The van der Waals surface area contributed by atoms with Gasteiger partial charge in [-0.15, -0.1) is 0 Å². The minimum atomic E-state index is -3.76. The second-order valence-corrected chi connectivity index (χ2v) is 6.51. The van der Waals surface area contributed by atoms with Crippen LogP contribution in [0.25, 0.3) is 0 Å². The summed E-state index contributed by atoms with van der Waals surface area (Å²) in [4.78, 5) is 3.61.